The summed E-state index contributed by atoms with van der Waals surface area (Å²) in [7, 11) is 0. The second-order valence-electron chi connectivity index (χ2n) is 8.30. The number of piperidine rings is 2. The third kappa shape index (κ3) is 4.06. The predicted octanol–water partition coefficient (Wildman–Crippen LogP) is 3.61. The summed E-state index contributed by atoms with van der Waals surface area (Å²) in [5.74, 6) is -0.391. The number of anilines is 1. The quantitative estimate of drug-likeness (QED) is 0.875. The maximum absolute atomic E-state index is 13.8. The van der Waals surface area contributed by atoms with Crippen LogP contribution in [0.1, 0.15) is 38.5 Å². The number of rotatable bonds is 3. The van der Waals surface area contributed by atoms with E-state index in [4.69, 9.17) is 0 Å². The largest absolute Gasteiger partial charge is 0.342 e. The van der Waals surface area contributed by atoms with Gasteiger partial charge in [0.05, 0.1) is 5.69 Å². The molecule has 0 aromatic heterocycles. The molecule has 1 N–H and O–H groups in total. The first-order valence-electron chi connectivity index (χ1n) is 9.73. The molecule has 3 amide bonds. The Balaban J connectivity index is 1.43. The van der Waals surface area contributed by atoms with Crippen LogP contribution >= 0.6 is 0 Å². The fourth-order valence-corrected chi connectivity index (χ4v) is 4.38. The van der Waals surface area contributed by atoms with Crippen LogP contribution in [0, 0.1) is 23.0 Å². The van der Waals surface area contributed by atoms with Crippen LogP contribution in [0.2, 0.25) is 0 Å². The number of urea groups is 1. The third-order valence-corrected chi connectivity index (χ3v) is 6.04. The van der Waals surface area contributed by atoms with Crippen molar-refractivity contribution < 1.29 is 18.4 Å². The zero-order valence-electron chi connectivity index (χ0n) is 15.3. The summed E-state index contributed by atoms with van der Waals surface area (Å²) in [6, 6.07) is 2.60. The fraction of sp³-hybridized carbons (Fsp3) is 0.600. The Kier molecular flexibility index (Phi) is 4.78. The normalized spacial score (nSPS) is 25.8. The fourth-order valence-electron chi connectivity index (χ4n) is 4.38. The monoisotopic (exact) mass is 377 g/mol. The second kappa shape index (κ2) is 7.09. The molecule has 0 bridgehead atoms. The zero-order chi connectivity index (χ0) is 19.0. The van der Waals surface area contributed by atoms with Crippen LogP contribution in [0.25, 0.3) is 0 Å². The summed E-state index contributed by atoms with van der Waals surface area (Å²) in [6.07, 6.45) is 5.55. The van der Waals surface area contributed by atoms with Crippen molar-refractivity contribution in [2.24, 2.45) is 11.3 Å². The summed E-state index contributed by atoms with van der Waals surface area (Å²) in [6.45, 7) is 2.66. The van der Waals surface area contributed by atoms with Crippen molar-refractivity contribution in [3.63, 3.8) is 0 Å². The standard InChI is InChI=1S/C20H25F2N3O2/c21-15-4-5-16(22)17(10-15)23-19(27)24-9-1-7-20(12-24)8-6-18(26)25(13-20)11-14-2-3-14/h4-5,10,14H,1-3,6-9,11-13H2,(H,23,27)/t20-/m1/s1. The number of hydrogen-bond acceptors (Lipinski definition) is 2. The van der Waals surface area contributed by atoms with E-state index in [0.29, 0.717) is 32.0 Å². The highest BCUT2D eigenvalue weighted by Crippen LogP contribution is 2.40. The molecule has 0 unspecified atom stereocenters. The average molecular weight is 377 g/mol. The number of nitrogens with zero attached hydrogens (tertiary/aromatic N) is 2. The van der Waals surface area contributed by atoms with E-state index in [1.165, 1.54) is 12.8 Å². The van der Waals surface area contributed by atoms with E-state index in [1.807, 2.05) is 4.90 Å². The first-order valence-corrected chi connectivity index (χ1v) is 9.73. The Bertz CT molecular complexity index is 753. The molecule has 1 aromatic rings. The van der Waals surface area contributed by atoms with Crippen molar-refractivity contribution in [1.82, 2.24) is 9.80 Å². The summed E-state index contributed by atoms with van der Waals surface area (Å²) in [5, 5.41) is 2.50. The van der Waals surface area contributed by atoms with Gasteiger partial charge in [-0.2, -0.15) is 0 Å². The lowest BCUT2D eigenvalue weighted by Gasteiger charge is -2.48. The molecule has 1 aliphatic carbocycles. The molecule has 1 aromatic carbocycles. The highest BCUT2D eigenvalue weighted by atomic mass is 19.1. The molecular formula is C20H25F2N3O2. The van der Waals surface area contributed by atoms with Crippen molar-refractivity contribution in [2.75, 3.05) is 31.5 Å². The van der Waals surface area contributed by atoms with E-state index < -0.39 is 17.7 Å². The van der Waals surface area contributed by atoms with Crippen LogP contribution in [-0.2, 0) is 4.79 Å². The summed E-state index contributed by atoms with van der Waals surface area (Å²) >= 11 is 0. The SMILES string of the molecule is O=C1CC[C@@]2(CCCN(C(=O)Nc3cc(F)ccc3F)C2)CN1CC1CC1. The molecule has 2 aliphatic heterocycles. The van der Waals surface area contributed by atoms with Crippen molar-refractivity contribution in [1.29, 1.82) is 0 Å². The number of carbonyl (C=O) groups is 2. The van der Waals surface area contributed by atoms with Gasteiger partial charge in [0, 0.05) is 44.1 Å². The van der Waals surface area contributed by atoms with Gasteiger partial charge >= 0.3 is 6.03 Å². The summed E-state index contributed by atoms with van der Waals surface area (Å²) in [4.78, 5) is 28.6. The Morgan fingerprint density at radius 3 is 2.81 bits per heavy atom. The van der Waals surface area contributed by atoms with E-state index in [0.717, 1.165) is 44.0 Å². The molecule has 3 aliphatic rings. The molecule has 2 saturated heterocycles. The van der Waals surface area contributed by atoms with Gasteiger partial charge in [-0.25, -0.2) is 13.6 Å². The van der Waals surface area contributed by atoms with Crippen LogP contribution in [0.4, 0.5) is 19.3 Å². The zero-order valence-corrected chi connectivity index (χ0v) is 15.3. The Labute approximate surface area is 157 Å². The maximum Gasteiger partial charge on any atom is 0.321 e. The van der Waals surface area contributed by atoms with Crippen LogP contribution in [0.15, 0.2) is 18.2 Å². The molecule has 4 rings (SSSR count). The van der Waals surface area contributed by atoms with Crippen molar-refractivity contribution in [2.45, 2.75) is 38.5 Å². The lowest BCUT2D eigenvalue weighted by molar-refractivity contribution is -0.139. The summed E-state index contributed by atoms with van der Waals surface area (Å²) < 4.78 is 27.2. The Hall–Kier alpha value is -2.18. The molecule has 1 atom stereocenters. The molecule has 1 saturated carbocycles. The van der Waals surface area contributed by atoms with E-state index in [2.05, 4.69) is 5.32 Å². The van der Waals surface area contributed by atoms with Crippen LogP contribution in [0.5, 0.6) is 0 Å². The Morgan fingerprint density at radius 2 is 2.04 bits per heavy atom. The molecule has 7 heteroatoms. The van der Waals surface area contributed by atoms with Gasteiger partial charge in [0.15, 0.2) is 0 Å². The number of nitrogens with one attached hydrogen (secondary N) is 1. The first kappa shape index (κ1) is 18.2. The molecule has 1 spiro atoms. The van der Waals surface area contributed by atoms with Crippen LogP contribution in [0.3, 0.4) is 0 Å². The number of carbonyl (C=O) groups excluding carboxylic acids is 2. The number of likely N-dealkylation sites (tertiary alicyclic amines) is 2. The van der Waals surface area contributed by atoms with Gasteiger partial charge < -0.3 is 15.1 Å². The second-order valence-corrected chi connectivity index (χ2v) is 8.30. The van der Waals surface area contributed by atoms with Gasteiger partial charge in [-0.15, -0.1) is 0 Å². The van der Waals surface area contributed by atoms with Gasteiger partial charge in [-0.1, -0.05) is 0 Å². The molecule has 146 valence electrons. The number of halogens is 2. The van der Waals surface area contributed by atoms with Gasteiger partial charge in [0.25, 0.3) is 0 Å². The van der Waals surface area contributed by atoms with Crippen molar-refractivity contribution in [3.05, 3.63) is 29.8 Å². The van der Waals surface area contributed by atoms with Crippen molar-refractivity contribution in [3.8, 4) is 0 Å². The molecule has 5 nitrogen and oxygen atoms in total. The smallest absolute Gasteiger partial charge is 0.321 e. The summed E-state index contributed by atoms with van der Waals surface area (Å²) in [5.41, 5.74) is -0.229. The third-order valence-electron chi connectivity index (χ3n) is 6.04. The average Bonchev–Trinajstić information content (AvgIpc) is 3.46. The lowest BCUT2D eigenvalue weighted by atomic mass is 9.73. The van der Waals surface area contributed by atoms with E-state index in [1.54, 1.807) is 4.90 Å². The van der Waals surface area contributed by atoms with Gasteiger partial charge in [0.1, 0.15) is 11.6 Å². The minimum Gasteiger partial charge on any atom is -0.342 e. The van der Waals surface area contributed by atoms with E-state index in [9.17, 15) is 18.4 Å². The minimum atomic E-state index is -0.657. The van der Waals surface area contributed by atoms with Gasteiger partial charge in [-0.05, 0) is 50.2 Å². The molecule has 3 fully saturated rings. The van der Waals surface area contributed by atoms with E-state index in [-0.39, 0.29) is 17.0 Å². The highest BCUT2D eigenvalue weighted by Gasteiger charge is 2.43. The first-order chi connectivity index (χ1) is 12.9. The van der Waals surface area contributed by atoms with Crippen molar-refractivity contribution >= 4 is 17.6 Å². The molecule has 27 heavy (non-hydrogen) atoms. The number of benzene rings is 1. The maximum atomic E-state index is 13.8. The molecule has 2 heterocycles. The van der Waals surface area contributed by atoms with Crippen LogP contribution < -0.4 is 5.32 Å². The molecule has 0 radical (unpaired) electrons. The number of amides is 3. The van der Waals surface area contributed by atoms with Gasteiger partial charge in [0.2, 0.25) is 5.91 Å². The predicted molar refractivity (Wildman–Crippen MR) is 97.2 cm³/mol. The topological polar surface area (TPSA) is 52.7 Å². The number of hydrogen-bond donors (Lipinski definition) is 1. The highest BCUT2D eigenvalue weighted by molar-refractivity contribution is 5.89. The van der Waals surface area contributed by atoms with Crippen LogP contribution in [-0.4, -0.2) is 47.9 Å². The lowest BCUT2D eigenvalue weighted by Crippen LogP contribution is -2.56. The minimum absolute atomic E-state index is 0.0845. The molecular weight excluding hydrogens is 352 g/mol. The Morgan fingerprint density at radius 1 is 1.22 bits per heavy atom. The van der Waals surface area contributed by atoms with E-state index >= 15 is 0 Å². The van der Waals surface area contributed by atoms with Gasteiger partial charge in [-0.3, -0.25) is 4.79 Å².